The molecule has 2 amide bonds. The van der Waals surface area contributed by atoms with Crippen LogP contribution >= 0.6 is 0 Å². The molecule has 0 saturated heterocycles. The molecule has 0 unspecified atom stereocenters. The summed E-state index contributed by atoms with van der Waals surface area (Å²) in [5.74, 6) is -0.458. The third kappa shape index (κ3) is 4.25. The van der Waals surface area contributed by atoms with Crippen molar-refractivity contribution >= 4 is 23.1 Å². The lowest BCUT2D eigenvalue weighted by Crippen LogP contribution is -2.34. The molecule has 0 fully saturated rings. The Labute approximate surface area is 186 Å². The summed E-state index contributed by atoms with van der Waals surface area (Å²) in [6, 6.07) is 20.6. The fourth-order valence-electron chi connectivity index (χ4n) is 3.66. The number of benzene rings is 3. The Balaban J connectivity index is 1.64. The first-order chi connectivity index (χ1) is 15.5. The maximum absolute atomic E-state index is 13.5. The minimum absolute atomic E-state index is 0.200. The molecule has 4 rings (SSSR count). The monoisotopic (exact) mass is 430 g/mol. The maximum atomic E-state index is 13.5. The highest BCUT2D eigenvalue weighted by molar-refractivity contribution is 6.36. The number of rotatable bonds is 7. The van der Waals surface area contributed by atoms with Gasteiger partial charge in [-0.05, 0) is 60.4 Å². The van der Waals surface area contributed by atoms with Gasteiger partial charge < -0.3 is 10.1 Å². The number of halogens is 1. The summed E-state index contributed by atoms with van der Waals surface area (Å²) in [5, 5.41) is 3.15. The number of carbonyl (C=O) groups excluding carboxylic acids is 2. The summed E-state index contributed by atoms with van der Waals surface area (Å²) >= 11 is 0. The fraction of sp³-hybridized carbons (Fsp3) is 0.154. The summed E-state index contributed by atoms with van der Waals surface area (Å²) in [5.41, 5.74) is 3.59. The largest absolute Gasteiger partial charge is 0.497 e. The van der Waals surface area contributed by atoms with Crippen LogP contribution in [0, 0.1) is 12.7 Å². The van der Waals surface area contributed by atoms with E-state index in [0.29, 0.717) is 12.0 Å². The van der Waals surface area contributed by atoms with Crippen LogP contribution in [0.15, 0.2) is 78.5 Å². The summed E-state index contributed by atoms with van der Waals surface area (Å²) in [6.45, 7) is 2.15. The third-order valence-corrected chi connectivity index (χ3v) is 5.49. The molecule has 0 radical (unpaired) electrons. The second-order valence-electron chi connectivity index (χ2n) is 7.56. The average Bonchev–Trinajstić information content (AvgIpc) is 3.04. The van der Waals surface area contributed by atoms with Crippen molar-refractivity contribution in [2.24, 2.45) is 0 Å². The number of aryl methyl sites for hydroxylation is 1. The smallest absolute Gasteiger partial charge is 0.278 e. The Hall–Kier alpha value is -3.93. The normalized spacial score (nSPS) is 13.7. The topological polar surface area (TPSA) is 58.6 Å². The van der Waals surface area contributed by atoms with Crippen LogP contribution < -0.4 is 10.1 Å². The highest BCUT2D eigenvalue weighted by atomic mass is 19.1. The molecular formula is C26H23FN2O3. The van der Waals surface area contributed by atoms with E-state index in [9.17, 15) is 14.0 Å². The Kier molecular flexibility index (Phi) is 6.03. The van der Waals surface area contributed by atoms with E-state index in [1.807, 2.05) is 55.5 Å². The molecule has 0 spiro atoms. The molecule has 0 bridgehead atoms. The maximum Gasteiger partial charge on any atom is 0.278 e. The van der Waals surface area contributed by atoms with Gasteiger partial charge in [-0.1, -0.05) is 42.5 Å². The summed E-state index contributed by atoms with van der Waals surface area (Å²) in [7, 11) is 1.60. The first-order valence-corrected chi connectivity index (χ1v) is 10.3. The Morgan fingerprint density at radius 1 is 0.906 bits per heavy atom. The van der Waals surface area contributed by atoms with E-state index in [1.54, 1.807) is 7.11 Å². The van der Waals surface area contributed by atoms with Crippen LogP contribution in [0.1, 0.15) is 16.7 Å². The number of hydrogen-bond acceptors (Lipinski definition) is 4. The van der Waals surface area contributed by atoms with Crippen molar-refractivity contribution in [2.75, 3.05) is 19.0 Å². The highest BCUT2D eigenvalue weighted by Gasteiger charge is 2.39. The summed E-state index contributed by atoms with van der Waals surface area (Å²) in [6.07, 6.45) is 0.510. The lowest BCUT2D eigenvalue weighted by Gasteiger charge is -2.16. The third-order valence-electron chi connectivity index (χ3n) is 5.49. The van der Waals surface area contributed by atoms with Crippen LogP contribution in [-0.4, -0.2) is 30.4 Å². The number of carbonyl (C=O) groups is 2. The average molecular weight is 430 g/mol. The quantitative estimate of drug-likeness (QED) is 0.558. The lowest BCUT2D eigenvalue weighted by molar-refractivity contribution is -0.136. The minimum atomic E-state index is -0.407. The molecule has 3 aromatic carbocycles. The Morgan fingerprint density at radius 2 is 1.59 bits per heavy atom. The number of anilines is 1. The fourth-order valence-corrected chi connectivity index (χ4v) is 3.66. The number of hydrogen-bond donors (Lipinski definition) is 1. The summed E-state index contributed by atoms with van der Waals surface area (Å²) < 4.78 is 18.7. The molecule has 1 aliphatic heterocycles. The van der Waals surface area contributed by atoms with Gasteiger partial charge in [0.15, 0.2) is 0 Å². The number of amides is 2. The van der Waals surface area contributed by atoms with Gasteiger partial charge in [-0.25, -0.2) is 4.39 Å². The van der Waals surface area contributed by atoms with Gasteiger partial charge in [0, 0.05) is 12.2 Å². The zero-order chi connectivity index (χ0) is 22.7. The van der Waals surface area contributed by atoms with Crippen molar-refractivity contribution in [3.8, 4) is 5.75 Å². The number of nitrogens with one attached hydrogen (secondary N) is 1. The van der Waals surface area contributed by atoms with Gasteiger partial charge in [-0.15, -0.1) is 0 Å². The van der Waals surface area contributed by atoms with Crippen molar-refractivity contribution in [2.45, 2.75) is 13.3 Å². The van der Waals surface area contributed by atoms with Gasteiger partial charge in [0.2, 0.25) is 0 Å². The molecule has 1 N–H and O–H groups in total. The van der Waals surface area contributed by atoms with Crippen LogP contribution in [0.4, 0.5) is 10.1 Å². The highest BCUT2D eigenvalue weighted by Crippen LogP contribution is 2.31. The number of nitrogens with zero attached hydrogens (tertiary/aromatic N) is 1. The second kappa shape index (κ2) is 9.06. The van der Waals surface area contributed by atoms with E-state index < -0.39 is 17.6 Å². The van der Waals surface area contributed by atoms with Crippen molar-refractivity contribution in [1.82, 2.24) is 4.90 Å². The molecular weight excluding hydrogens is 407 g/mol. The van der Waals surface area contributed by atoms with Gasteiger partial charge in [0.1, 0.15) is 17.3 Å². The van der Waals surface area contributed by atoms with Gasteiger partial charge in [-0.2, -0.15) is 0 Å². The molecule has 0 saturated carbocycles. The predicted molar refractivity (Wildman–Crippen MR) is 122 cm³/mol. The molecule has 1 aliphatic rings. The summed E-state index contributed by atoms with van der Waals surface area (Å²) in [4.78, 5) is 27.8. The van der Waals surface area contributed by atoms with Gasteiger partial charge in [-0.3, -0.25) is 14.5 Å². The van der Waals surface area contributed by atoms with Crippen LogP contribution in [0.25, 0.3) is 5.57 Å². The Morgan fingerprint density at radius 3 is 2.25 bits per heavy atom. The van der Waals surface area contributed by atoms with Crippen LogP contribution in [0.5, 0.6) is 5.75 Å². The zero-order valence-corrected chi connectivity index (χ0v) is 17.9. The molecule has 6 heteroatoms. The molecule has 0 aliphatic carbocycles. The first-order valence-electron chi connectivity index (χ1n) is 10.3. The zero-order valence-electron chi connectivity index (χ0n) is 17.9. The van der Waals surface area contributed by atoms with E-state index in [0.717, 1.165) is 22.6 Å². The molecule has 0 atom stereocenters. The van der Waals surface area contributed by atoms with Gasteiger partial charge in [0.25, 0.3) is 11.8 Å². The lowest BCUT2D eigenvalue weighted by atomic mass is 10.0. The standard InChI is InChI=1S/C26H23FN2O3/c1-17-5-3-4-6-22(17)28-24-23(19-9-11-20(27)12-10-19)25(30)29(26(24)31)16-15-18-7-13-21(32-2)14-8-18/h3-14,28H,15-16H2,1-2H3. The number of methoxy groups -OCH3 is 1. The number of para-hydroxylation sites is 1. The van der Waals surface area contributed by atoms with Gasteiger partial charge >= 0.3 is 0 Å². The van der Waals surface area contributed by atoms with Crippen molar-refractivity contribution in [3.05, 3.63) is 101 Å². The van der Waals surface area contributed by atoms with E-state index in [-0.39, 0.29) is 17.8 Å². The van der Waals surface area contributed by atoms with Crippen LogP contribution in [-0.2, 0) is 16.0 Å². The second-order valence-corrected chi connectivity index (χ2v) is 7.56. The molecule has 32 heavy (non-hydrogen) atoms. The molecule has 0 aromatic heterocycles. The predicted octanol–water partition coefficient (Wildman–Crippen LogP) is 4.58. The van der Waals surface area contributed by atoms with Crippen molar-refractivity contribution in [1.29, 1.82) is 0 Å². The number of imide groups is 1. The molecule has 5 nitrogen and oxygen atoms in total. The molecule has 3 aromatic rings. The molecule has 1 heterocycles. The van der Waals surface area contributed by atoms with E-state index in [4.69, 9.17) is 4.74 Å². The van der Waals surface area contributed by atoms with Crippen LogP contribution in [0.2, 0.25) is 0 Å². The van der Waals surface area contributed by atoms with E-state index >= 15 is 0 Å². The van der Waals surface area contributed by atoms with Crippen molar-refractivity contribution in [3.63, 3.8) is 0 Å². The van der Waals surface area contributed by atoms with E-state index in [1.165, 1.54) is 29.2 Å². The Bertz CT molecular complexity index is 1180. The van der Waals surface area contributed by atoms with Crippen molar-refractivity contribution < 1.29 is 18.7 Å². The molecule has 162 valence electrons. The number of ether oxygens (including phenoxy) is 1. The van der Waals surface area contributed by atoms with Gasteiger partial charge in [0.05, 0.1) is 12.7 Å². The SMILES string of the molecule is COc1ccc(CCN2C(=O)C(Nc3ccccc3C)=C(c3ccc(F)cc3)C2=O)cc1. The van der Waals surface area contributed by atoms with E-state index in [2.05, 4.69) is 5.32 Å². The minimum Gasteiger partial charge on any atom is -0.497 e. The van der Waals surface area contributed by atoms with Crippen LogP contribution in [0.3, 0.4) is 0 Å². The first kappa shape index (κ1) is 21.3.